The average molecular weight is 432 g/mol. The molecule has 0 bridgehead atoms. The fourth-order valence-electron chi connectivity index (χ4n) is 2.90. The molecular weight excluding hydrogens is 409 g/mol. The van der Waals surface area contributed by atoms with Crippen molar-refractivity contribution in [3.8, 4) is 11.3 Å². The van der Waals surface area contributed by atoms with Crippen LogP contribution in [0.4, 0.5) is 15.9 Å². The monoisotopic (exact) mass is 431 g/mol. The van der Waals surface area contributed by atoms with E-state index >= 15 is 0 Å². The van der Waals surface area contributed by atoms with Crippen molar-refractivity contribution in [3.63, 3.8) is 0 Å². The third kappa shape index (κ3) is 4.95. The topological polar surface area (TPSA) is 103 Å². The minimum atomic E-state index is -0.667. The molecule has 3 aromatic rings. The highest BCUT2D eigenvalue weighted by Gasteiger charge is 2.18. The maximum absolute atomic E-state index is 14.3. The number of pyridine rings is 1. The third-order valence-corrected chi connectivity index (χ3v) is 4.70. The zero-order chi connectivity index (χ0) is 21.8. The van der Waals surface area contributed by atoms with E-state index in [0.717, 1.165) is 5.56 Å². The summed E-state index contributed by atoms with van der Waals surface area (Å²) in [4.78, 5) is 16.8. The van der Waals surface area contributed by atoms with E-state index in [2.05, 4.69) is 25.8 Å². The van der Waals surface area contributed by atoms with Gasteiger partial charge >= 0.3 is 0 Å². The molecule has 0 spiro atoms. The second-order valence-electron chi connectivity index (χ2n) is 7.28. The Morgan fingerprint density at radius 1 is 1.27 bits per heavy atom. The molecule has 2 aromatic heterocycles. The lowest BCUT2D eigenvalue weighted by Gasteiger charge is -2.16. The molecule has 0 aliphatic rings. The molecule has 0 aliphatic heterocycles. The first-order valence-electron chi connectivity index (χ1n) is 9.48. The van der Waals surface area contributed by atoms with Crippen LogP contribution < -0.4 is 10.6 Å². The van der Waals surface area contributed by atoms with Crippen LogP contribution in [0.25, 0.3) is 11.3 Å². The number of carbonyl (C=O) groups is 1. The number of nitrogens with zero attached hydrogens (tertiary/aromatic N) is 2. The van der Waals surface area contributed by atoms with Crippen molar-refractivity contribution in [2.45, 2.75) is 32.8 Å². The summed E-state index contributed by atoms with van der Waals surface area (Å²) in [6.07, 6.45) is 2.40. The number of aliphatic hydroxyl groups excluding tert-OH is 1. The molecule has 0 aliphatic carbocycles. The maximum atomic E-state index is 14.3. The normalized spacial score (nSPS) is 12.1. The van der Waals surface area contributed by atoms with Crippen LogP contribution in [0.15, 0.2) is 36.7 Å². The number of H-pyrrole nitrogens is 1. The Morgan fingerprint density at radius 2 is 2.03 bits per heavy atom. The Hall–Kier alpha value is -2.97. The van der Waals surface area contributed by atoms with Gasteiger partial charge in [-0.3, -0.25) is 14.9 Å². The van der Waals surface area contributed by atoms with Crippen LogP contribution in [0, 0.1) is 5.82 Å². The number of aromatic nitrogens is 3. The number of anilines is 2. The average Bonchev–Trinajstić information content (AvgIpc) is 3.16. The van der Waals surface area contributed by atoms with Gasteiger partial charge in [0.15, 0.2) is 0 Å². The van der Waals surface area contributed by atoms with Gasteiger partial charge in [-0.2, -0.15) is 5.10 Å². The van der Waals surface area contributed by atoms with Gasteiger partial charge in [-0.05, 0) is 42.7 Å². The van der Waals surface area contributed by atoms with E-state index in [1.165, 1.54) is 24.4 Å². The highest BCUT2D eigenvalue weighted by atomic mass is 35.5. The number of aliphatic hydroxyl groups is 1. The second-order valence-corrected chi connectivity index (χ2v) is 7.71. The summed E-state index contributed by atoms with van der Waals surface area (Å²) in [6, 6.07) is 6.00. The molecule has 1 amide bonds. The molecule has 7 nitrogen and oxygen atoms in total. The van der Waals surface area contributed by atoms with Crippen LogP contribution >= 0.6 is 11.6 Å². The number of nitrogens with one attached hydrogen (secondary N) is 3. The van der Waals surface area contributed by atoms with E-state index in [9.17, 15) is 14.3 Å². The molecule has 30 heavy (non-hydrogen) atoms. The molecule has 158 valence electrons. The molecule has 0 fully saturated rings. The van der Waals surface area contributed by atoms with Crippen molar-refractivity contribution in [1.82, 2.24) is 20.5 Å². The van der Waals surface area contributed by atoms with Crippen LogP contribution in [-0.4, -0.2) is 38.8 Å². The SMILES string of the molecule is CC(O)CNC(=O)c1cn[nH]c1Nc1cc(-c2cc(Cl)ccc2F)ncc1C(C)C. The first kappa shape index (κ1) is 21.7. The van der Waals surface area contributed by atoms with E-state index in [1.54, 1.807) is 19.2 Å². The number of benzene rings is 1. The van der Waals surface area contributed by atoms with Gasteiger partial charge in [0.1, 0.15) is 17.2 Å². The Morgan fingerprint density at radius 3 is 2.73 bits per heavy atom. The number of amides is 1. The molecule has 9 heteroatoms. The van der Waals surface area contributed by atoms with E-state index < -0.39 is 11.9 Å². The number of rotatable bonds is 7. The summed E-state index contributed by atoms with van der Waals surface area (Å²) < 4.78 is 14.3. The van der Waals surface area contributed by atoms with E-state index in [4.69, 9.17) is 11.6 Å². The van der Waals surface area contributed by atoms with Gasteiger partial charge < -0.3 is 15.7 Å². The van der Waals surface area contributed by atoms with Gasteiger partial charge in [0.25, 0.3) is 5.91 Å². The molecule has 2 heterocycles. The summed E-state index contributed by atoms with van der Waals surface area (Å²) in [6.45, 7) is 5.71. The zero-order valence-corrected chi connectivity index (χ0v) is 17.6. The molecular formula is C21H23ClFN5O2. The molecule has 3 rings (SSSR count). The maximum Gasteiger partial charge on any atom is 0.256 e. The van der Waals surface area contributed by atoms with E-state index in [0.29, 0.717) is 22.2 Å². The molecule has 0 saturated carbocycles. The fourth-order valence-corrected chi connectivity index (χ4v) is 3.07. The van der Waals surface area contributed by atoms with Gasteiger partial charge in [0.05, 0.1) is 18.0 Å². The number of hydrogen-bond donors (Lipinski definition) is 4. The van der Waals surface area contributed by atoms with Crippen LogP contribution in [0.1, 0.15) is 42.6 Å². The summed E-state index contributed by atoms with van der Waals surface area (Å²) >= 11 is 6.03. The Labute approximate surface area is 178 Å². The standard InChI is InChI=1S/C21H23ClFN5O2/c1-11(2)15-9-24-18(14-6-13(22)4-5-17(14)23)7-19(15)27-20-16(10-26-28-20)21(30)25-8-12(3)29/h4-7,9-12,29H,8H2,1-3H3,(H,25,30)(H2,24,26,27,28). The van der Waals surface area contributed by atoms with Crippen molar-refractivity contribution < 1.29 is 14.3 Å². The third-order valence-electron chi connectivity index (χ3n) is 4.46. The van der Waals surface area contributed by atoms with Gasteiger partial charge in [-0.15, -0.1) is 0 Å². The fraction of sp³-hybridized carbons (Fsp3) is 0.286. The lowest BCUT2D eigenvalue weighted by Crippen LogP contribution is -2.30. The van der Waals surface area contributed by atoms with Crippen molar-refractivity contribution in [1.29, 1.82) is 0 Å². The minimum Gasteiger partial charge on any atom is -0.392 e. The first-order chi connectivity index (χ1) is 14.3. The zero-order valence-electron chi connectivity index (χ0n) is 16.8. The second kappa shape index (κ2) is 9.23. The van der Waals surface area contributed by atoms with Crippen molar-refractivity contribution in [3.05, 3.63) is 58.6 Å². The first-order valence-corrected chi connectivity index (χ1v) is 9.86. The van der Waals surface area contributed by atoms with Crippen LogP contribution in [-0.2, 0) is 0 Å². The van der Waals surface area contributed by atoms with Crippen molar-refractivity contribution in [2.75, 3.05) is 11.9 Å². The molecule has 1 aromatic carbocycles. The predicted octanol–water partition coefficient (Wildman–Crippen LogP) is 4.24. The molecule has 4 N–H and O–H groups in total. The van der Waals surface area contributed by atoms with Crippen molar-refractivity contribution >= 4 is 29.0 Å². The Balaban J connectivity index is 1.97. The number of carbonyl (C=O) groups excluding carboxylic acids is 1. The summed E-state index contributed by atoms with van der Waals surface area (Å²) in [5.41, 5.74) is 2.51. The summed E-state index contributed by atoms with van der Waals surface area (Å²) in [5, 5.41) is 22.3. The highest BCUT2D eigenvalue weighted by Crippen LogP contribution is 2.32. The molecule has 0 radical (unpaired) electrons. The summed E-state index contributed by atoms with van der Waals surface area (Å²) in [5.74, 6) is -0.319. The van der Waals surface area contributed by atoms with E-state index in [1.807, 2.05) is 13.8 Å². The molecule has 1 atom stereocenters. The highest BCUT2D eigenvalue weighted by molar-refractivity contribution is 6.30. The van der Waals surface area contributed by atoms with Crippen LogP contribution in [0.5, 0.6) is 0 Å². The Kier molecular flexibility index (Phi) is 6.69. The van der Waals surface area contributed by atoms with E-state index in [-0.39, 0.29) is 29.5 Å². The van der Waals surface area contributed by atoms with Crippen LogP contribution in [0.3, 0.4) is 0 Å². The number of hydrogen-bond acceptors (Lipinski definition) is 5. The van der Waals surface area contributed by atoms with Crippen LogP contribution in [0.2, 0.25) is 5.02 Å². The van der Waals surface area contributed by atoms with Gasteiger partial charge in [0, 0.05) is 29.0 Å². The summed E-state index contributed by atoms with van der Waals surface area (Å²) in [7, 11) is 0. The lowest BCUT2D eigenvalue weighted by atomic mass is 10.0. The quantitative estimate of drug-likeness (QED) is 0.448. The lowest BCUT2D eigenvalue weighted by molar-refractivity contribution is 0.0925. The number of aromatic amines is 1. The molecule has 1 unspecified atom stereocenters. The minimum absolute atomic E-state index is 0.119. The van der Waals surface area contributed by atoms with Gasteiger partial charge in [-0.1, -0.05) is 25.4 Å². The Bertz CT molecular complexity index is 1050. The predicted molar refractivity (Wildman–Crippen MR) is 115 cm³/mol. The molecule has 0 saturated heterocycles. The number of halogens is 2. The smallest absolute Gasteiger partial charge is 0.256 e. The van der Waals surface area contributed by atoms with Gasteiger partial charge in [0.2, 0.25) is 0 Å². The van der Waals surface area contributed by atoms with Gasteiger partial charge in [-0.25, -0.2) is 4.39 Å². The van der Waals surface area contributed by atoms with Crippen molar-refractivity contribution in [2.24, 2.45) is 0 Å². The largest absolute Gasteiger partial charge is 0.392 e.